The van der Waals surface area contributed by atoms with Crippen molar-refractivity contribution in [2.75, 3.05) is 27.4 Å². The molecule has 0 bridgehead atoms. The summed E-state index contributed by atoms with van der Waals surface area (Å²) >= 11 is 0. The first-order valence-corrected chi connectivity index (χ1v) is 8.83. The quantitative estimate of drug-likeness (QED) is 0.434. The molecule has 2 N–H and O–H groups in total. The summed E-state index contributed by atoms with van der Waals surface area (Å²) in [6, 6.07) is 14.5. The van der Waals surface area contributed by atoms with Crippen LogP contribution < -0.4 is 15.4 Å². The monoisotopic (exact) mass is 355 g/mol. The molecule has 0 unspecified atom stereocenters. The number of aryl methyl sites for hydroxylation is 2. The van der Waals surface area contributed by atoms with Crippen LogP contribution in [0, 0.1) is 13.8 Å². The Labute approximate surface area is 156 Å². The van der Waals surface area contributed by atoms with Crippen molar-refractivity contribution in [1.82, 2.24) is 10.6 Å². The molecule has 0 aliphatic rings. The summed E-state index contributed by atoms with van der Waals surface area (Å²) in [5.74, 6) is 1.63. The zero-order valence-corrected chi connectivity index (χ0v) is 16.1. The predicted octanol–water partition coefficient (Wildman–Crippen LogP) is 3.19. The number of ether oxygens (including phenoxy) is 2. The van der Waals surface area contributed by atoms with Crippen LogP contribution in [-0.4, -0.2) is 33.3 Å². The molecule has 0 atom stereocenters. The molecule has 5 nitrogen and oxygen atoms in total. The number of methoxy groups -OCH3 is 1. The normalized spacial score (nSPS) is 11.3. The van der Waals surface area contributed by atoms with Gasteiger partial charge in [-0.2, -0.15) is 0 Å². The van der Waals surface area contributed by atoms with Crippen LogP contribution >= 0.6 is 0 Å². The topological polar surface area (TPSA) is 54.9 Å². The molecule has 0 aromatic heterocycles. The zero-order chi connectivity index (χ0) is 18.8. The number of nitrogens with zero attached hydrogens (tertiary/aromatic N) is 1. The second kappa shape index (κ2) is 10.5. The van der Waals surface area contributed by atoms with Gasteiger partial charge in [0.05, 0.1) is 6.61 Å². The molecule has 140 valence electrons. The van der Waals surface area contributed by atoms with Gasteiger partial charge in [0, 0.05) is 27.2 Å². The number of benzene rings is 2. The van der Waals surface area contributed by atoms with E-state index in [2.05, 4.69) is 47.7 Å². The molecule has 26 heavy (non-hydrogen) atoms. The summed E-state index contributed by atoms with van der Waals surface area (Å²) in [6.07, 6.45) is 0. The van der Waals surface area contributed by atoms with Gasteiger partial charge in [0.25, 0.3) is 0 Å². The molecule has 0 radical (unpaired) electrons. The Morgan fingerprint density at radius 1 is 0.962 bits per heavy atom. The lowest BCUT2D eigenvalue weighted by molar-refractivity contribution is 0.146. The van der Waals surface area contributed by atoms with Crippen molar-refractivity contribution in [3.63, 3.8) is 0 Å². The van der Waals surface area contributed by atoms with Gasteiger partial charge in [-0.25, -0.2) is 0 Å². The maximum atomic E-state index is 5.57. The number of guanidine groups is 1. The van der Waals surface area contributed by atoms with Gasteiger partial charge >= 0.3 is 0 Å². The van der Waals surface area contributed by atoms with E-state index in [4.69, 9.17) is 9.47 Å². The first-order valence-electron chi connectivity index (χ1n) is 8.83. The van der Waals surface area contributed by atoms with Crippen molar-refractivity contribution in [3.8, 4) is 5.75 Å². The lowest BCUT2D eigenvalue weighted by Crippen LogP contribution is -2.36. The van der Waals surface area contributed by atoms with Crippen molar-refractivity contribution in [3.05, 3.63) is 64.7 Å². The van der Waals surface area contributed by atoms with E-state index < -0.39 is 0 Å². The molecular weight excluding hydrogens is 326 g/mol. The van der Waals surface area contributed by atoms with Crippen molar-refractivity contribution >= 4 is 5.96 Å². The third-order valence-electron chi connectivity index (χ3n) is 4.11. The summed E-state index contributed by atoms with van der Waals surface area (Å²) in [5, 5.41) is 6.70. The van der Waals surface area contributed by atoms with Gasteiger partial charge < -0.3 is 20.1 Å². The zero-order valence-electron chi connectivity index (χ0n) is 16.1. The van der Waals surface area contributed by atoms with Crippen LogP contribution in [0.4, 0.5) is 0 Å². The molecule has 0 saturated carbocycles. The standard InChI is InChI=1S/C21H29N3O2/c1-16-5-8-19(17(2)13-16)15-24-21(22-3)23-14-18-6-9-20(10-7-18)26-12-11-25-4/h5-10,13H,11-12,14-15H2,1-4H3,(H2,22,23,24). The van der Waals surface area contributed by atoms with Crippen LogP contribution in [0.2, 0.25) is 0 Å². The molecule has 0 spiro atoms. The van der Waals surface area contributed by atoms with Crippen LogP contribution in [0.5, 0.6) is 5.75 Å². The number of aliphatic imine (C=N–C) groups is 1. The summed E-state index contributed by atoms with van der Waals surface area (Å²) < 4.78 is 10.6. The second-order valence-corrected chi connectivity index (χ2v) is 6.19. The van der Waals surface area contributed by atoms with Crippen LogP contribution in [0.1, 0.15) is 22.3 Å². The number of nitrogens with one attached hydrogen (secondary N) is 2. The molecule has 0 aliphatic heterocycles. The summed E-state index contributed by atoms with van der Waals surface area (Å²) in [6.45, 7) is 6.84. The average Bonchev–Trinajstić information content (AvgIpc) is 2.64. The van der Waals surface area contributed by atoms with Gasteiger partial charge in [-0.15, -0.1) is 0 Å². The van der Waals surface area contributed by atoms with Crippen molar-refractivity contribution in [2.45, 2.75) is 26.9 Å². The Morgan fingerprint density at radius 2 is 1.69 bits per heavy atom. The van der Waals surface area contributed by atoms with Gasteiger partial charge in [-0.1, -0.05) is 35.9 Å². The van der Waals surface area contributed by atoms with E-state index in [1.54, 1.807) is 14.2 Å². The minimum atomic E-state index is 0.559. The first kappa shape index (κ1) is 19.8. The van der Waals surface area contributed by atoms with Crippen LogP contribution in [0.25, 0.3) is 0 Å². The lowest BCUT2D eigenvalue weighted by Gasteiger charge is -2.14. The third kappa shape index (κ3) is 6.41. The molecule has 0 amide bonds. The van der Waals surface area contributed by atoms with Crippen molar-refractivity contribution in [1.29, 1.82) is 0 Å². The Hall–Kier alpha value is -2.53. The third-order valence-corrected chi connectivity index (χ3v) is 4.11. The second-order valence-electron chi connectivity index (χ2n) is 6.19. The Kier molecular flexibility index (Phi) is 7.96. The molecule has 2 rings (SSSR count). The fraction of sp³-hybridized carbons (Fsp3) is 0.381. The van der Waals surface area contributed by atoms with E-state index in [0.29, 0.717) is 19.8 Å². The maximum Gasteiger partial charge on any atom is 0.191 e. The number of hydrogen-bond acceptors (Lipinski definition) is 3. The van der Waals surface area contributed by atoms with Gasteiger partial charge in [0.2, 0.25) is 0 Å². The summed E-state index contributed by atoms with van der Waals surface area (Å²) in [7, 11) is 3.45. The van der Waals surface area contributed by atoms with Crippen LogP contribution in [0.3, 0.4) is 0 Å². The highest BCUT2D eigenvalue weighted by Gasteiger charge is 2.02. The maximum absolute atomic E-state index is 5.57. The molecular formula is C21H29N3O2. The molecule has 0 fully saturated rings. The highest BCUT2D eigenvalue weighted by atomic mass is 16.5. The summed E-state index contributed by atoms with van der Waals surface area (Å²) in [5.41, 5.74) is 5.01. The van der Waals surface area contributed by atoms with E-state index in [0.717, 1.165) is 18.3 Å². The minimum Gasteiger partial charge on any atom is -0.491 e. The molecule has 5 heteroatoms. The smallest absolute Gasteiger partial charge is 0.191 e. The fourth-order valence-corrected chi connectivity index (χ4v) is 2.58. The van der Waals surface area contributed by atoms with E-state index >= 15 is 0 Å². The van der Waals surface area contributed by atoms with Crippen molar-refractivity contribution < 1.29 is 9.47 Å². The average molecular weight is 355 g/mol. The molecule has 0 aliphatic carbocycles. The van der Waals surface area contributed by atoms with Crippen LogP contribution in [0.15, 0.2) is 47.5 Å². The SMILES string of the molecule is CN=C(NCc1ccc(OCCOC)cc1)NCc1ccc(C)cc1C. The first-order chi connectivity index (χ1) is 12.6. The van der Waals surface area contributed by atoms with Gasteiger partial charge in [-0.05, 0) is 42.7 Å². The van der Waals surface area contributed by atoms with Crippen molar-refractivity contribution in [2.24, 2.45) is 4.99 Å². The predicted molar refractivity (Wildman–Crippen MR) is 107 cm³/mol. The highest BCUT2D eigenvalue weighted by Crippen LogP contribution is 2.12. The summed E-state index contributed by atoms with van der Waals surface area (Å²) in [4.78, 5) is 4.29. The molecule has 2 aromatic carbocycles. The molecule has 2 aromatic rings. The van der Waals surface area contributed by atoms with Crippen LogP contribution in [-0.2, 0) is 17.8 Å². The minimum absolute atomic E-state index is 0.559. The fourth-order valence-electron chi connectivity index (χ4n) is 2.58. The molecule has 0 saturated heterocycles. The van der Waals surface area contributed by atoms with E-state index in [9.17, 15) is 0 Å². The van der Waals surface area contributed by atoms with E-state index in [1.807, 2.05) is 24.3 Å². The Morgan fingerprint density at radius 3 is 2.35 bits per heavy atom. The van der Waals surface area contributed by atoms with Gasteiger partial charge in [0.15, 0.2) is 5.96 Å². The number of hydrogen-bond donors (Lipinski definition) is 2. The largest absolute Gasteiger partial charge is 0.491 e. The Bertz CT molecular complexity index is 712. The van der Waals surface area contributed by atoms with Gasteiger partial charge in [-0.3, -0.25) is 4.99 Å². The Balaban J connectivity index is 1.81. The van der Waals surface area contributed by atoms with Gasteiger partial charge in [0.1, 0.15) is 12.4 Å². The van der Waals surface area contributed by atoms with E-state index in [-0.39, 0.29) is 0 Å². The highest BCUT2D eigenvalue weighted by molar-refractivity contribution is 5.79. The molecule has 0 heterocycles. The number of rotatable bonds is 8. The lowest BCUT2D eigenvalue weighted by atomic mass is 10.1. The van der Waals surface area contributed by atoms with E-state index in [1.165, 1.54) is 22.3 Å².